The van der Waals surface area contributed by atoms with E-state index in [9.17, 15) is 9.18 Å². The standard InChI is InChI=1S/C13H16BrFO/c1-13(2,3)12(16)7-4-9-8-10(14)5-6-11(9)15/h5-6,8H,4,7H2,1-3H3. The number of aryl methyl sites for hydroxylation is 1. The molecule has 0 N–H and O–H groups in total. The molecule has 0 radical (unpaired) electrons. The summed E-state index contributed by atoms with van der Waals surface area (Å²) in [7, 11) is 0. The molecular weight excluding hydrogens is 271 g/mol. The number of halogens is 2. The fraction of sp³-hybridized carbons (Fsp3) is 0.462. The predicted octanol–water partition coefficient (Wildman–Crippen LogP) is 4.14. The molecule has 0 aliphatic rings. The van der Waals surface area contributed by atoms with Gasteiger partial charge in [-0.2, -0.15) is 0 Å². The lowest BCUT2D eigenvalue weighted by atomic mass is 9.87. The highest BCUT2D eigenvalue weighted by Gasteiger charge is 2.20. The van der Waals surface area contributed by atoms with Gasteiger partial charge in [0.05, 0.1) is 0 Å². The fourth-order valence-corrected chi connectivity index (χ4v) is 1.77. The average molecular weight is 287 g/mol. The zero-order valence-electron chi connectivity index (χ0n) is 9.81. The van der Waals surface area contributed by atoms with Gasteiger partial charge >= 0.3 is 0 Å². The Morgan fingerprint density at radius 1 is 1.38 bits per heavy atom. The minimum Gasteiger partial charge on any atom is -0.299 e. The molecule has 0 saturated carbocycles. The molecule has 0 atom stereocenters. The lowest BCUT2D eigenvalue weighted by Gasteiger charge is -2.16. The van der Waals surface area contributed by atoms with Crippen LogP contribution in [0.25, 0.3) is 0 Å². The van der Waals surface area contributed by atoms with Crippen LogP contribution in [-0.4, -0.2) is 5.78 Å². The first kappa shape index (κ1) is 13.4. The van der Waals surface area contributed by atoms with Gasteiger partial charge in [-0.3, -0.25) is 4.79 Å². The minimum atomic E-state index is -0.345. The molecule has 1 rings (SSSR count). The van der Waals surface area contributed by atoms with E-state index in [4.69, 9.17) is 0 Å². The van der Waals surface area contributed by atoms with Crippen LogP contribution in [0.2, 0.25) is 0 Å². The summed E-state index contributed by atoms with van der Waals surface area (Å²) >= 11 is 3.29. The van der Waals surface area contributed by atoms with E-state index in [1.54, 1.807) is 12.1 Å². The van der Waals surface area contributed by atoms with Crippen molar-refractivity contribution >= 4 is 21.7 Å². The van der Waals surface area contributed by atoms with Gasteiger partial charge in [0.15, 0.2) is 0 Å². The molecule has 0 aliphatic carbocycles. The smallest absolute Gasteiger partial charge is 0.138 e. The van der Waals surface area contributed by atoms with Crippen molar-refractivity contribution in [3.63, 3.8) is 0 Å². The highest BCUT2D eigenvalue weighted by atomic mass is 79.9. The molecule has 0 aromatic heterocycles. The van der Waals surface area contributed by atoms with Gasteiger partial charge in [0.25, 0.3) is 0 Å². The van der Waals surface area contributed by atoms with E-state index < -0.39 is 0 Å². The van der Waals surface area contributed by atoms with Crippen molar-refractivity contribution in [2.24, 2.45) is 5.41 Å². The second-order valence-corrected chi connectivity index (χ2v) is 5.82. The maximum absolute atomic E-state index is 13.4. The lowest BCUT2D eigenvalue weighted by molar-refractivity contribution is -0.126. The van der Waals surface area contributed by atoms with Gasteiger partial charge in [0.2, 0.25) is 0 Å². The summed E-state index contributed by atoms with van der Waals surface area (Å²) in [6.07, 6.45) is 0.845. The molecule has 88 valence electrons. The topological polar surface area (TPSA) is 17.1 Å². The molecule has 0 bridgehead atoms. The Morgan fingerprint density at radius 2 is 2.00 bits per heavy atom. The number of benzene rings is 1. The second-order valence-electron chi connectivity index (χ2n) is 4.91. The summed E-state index contributed by atoms with van der Waals surface area (Å²) in [5.74, 6) is -0.0863. The number of ketones is 1. The molecule has 1 aromatic carbocycles. The first-order valence-corrected chi connectivity index (χ1v) is 6.07. The van der Waals surface area contributed by atoms with Crippen molar-refractivity contribution in [1.82, 2.24) is 0 Å². The molecule has 16 heavy (non-hydrogen) atoms. The first-order chi connectivity index (χ1) is 7.30. The van der Waals surface area contributed by atoms with Crippen molar-refractivity contribution in [2.75, 3.05) is 0 Å². The highest BCUT2D eigenvalue weighted by Crippen LogP contribution is 2.21. The van der Waals surface area contributed by atoms with Crippen LogP contribution in [0, 0.1) is 11.2 Å². The monoisotopic (exact) mass is 286 g/mol. The van der Waals surface area contributed by atoms with Crippen molar-refractivity contribution in [1.29, 1.82) is 0 Å². The average Bonchev–Trinajstić information content (AvgIpc) is 2.17. The molecule has 0 fully saturated rings. The van der Waals surface area contributed by atoms with Gasteiger partial charge in [0.1, 0.15) is 11.6 Å². The van der Waals surface area contributed by atoms with E-state index in [1.807, 2.05) is 20.8 Å². The number of carbonyl (C=O) groups is 1. The summed E-state index contributed by atoms with van der Waals surface area (Å²) in [5.41, 5.74) is 0.245. The highest BCUT2D eigenvalue weighted by molar-refractivity contribution is 9.10. The third kappa shape index (κ3) is 3.71. The fourth-order valence-electron chi connectivity index (χ4n) is 1.36. The molecule has 3 heteroatoms. The zero-order valence-corrected chi connectivity index (χ0v) is 11.4. The Hall–Kier alpha value is -0.700. The van der Waals surface area contributed by atoms with Crippen LogP contribution in [0.5, 0.6) is 0 Å². The number of rotatable bonds is 3. The molecule has 0 amide bonds. The third-order valence-corrected chi connectivity index (χ3v) is 2.96. The number of carbonyl (C=O) groups excluding carboxylic acids is 1. The van der Waals surface area contributed by atoms with Crippen LogP contribution in [0.4, 0.5) is 4.39 Å². The number of hydrogen-bond acceptors (Lipinski definition) is 1. The largest absolute Gasteiger partial charge is 0.299 e. The Labute approximate surface area is 104 Å². The lowest BCUT2D eigenvalue weighted by Crippen LogP contribution is -2.20. The first-order valence-electron chi connectivity index (χ1n) is 5.28. The molecule has 0 spiro atoms. The van der Waals surface area contributed by atoms with Crippen LogP contribution >= 0.6 is 15.9 Å². The zero-order chi connectivity index (χ0) is 12.3. The predicted molar refractivity (Wildman–Crippen MR) is 66.9 cm³/mol. The molecular formula is C13H16BrFO. The van der Waals surface area contributed by atoms with Crippen molar-refractivity contribution in [3.05, 3.63) is 34.1 Å². The summed E-state index contributed by atoms with van der Waals surface area (Å²) in [6.45, 7) is 5.64. The second kappa shape index (κ2) is 5.09. The van der Waals surface area contributed by atoms with Gasteiger partial charge < -0.3 is 0 Å². The van der Waals surface area contributed by atoms with Crippen molar-refractivity contribution in [2.45, 2.75) is 33.6 Å². The Morgan fingerprint density at radius 3 is 2.56 bits per heavy atom. The van der Waals surface area contributed by atoms with Gasteiger partial charge in [-0.05, 0) is 30.2 Å². The summed E-state index contributed by atoms with van der Waals surface area (Å²) < 4.78 is 14.2. The Kier molecular flexibility index (Phi) is 4.25. The van der Waals surface area contributed by atoms with Crippen molar-refractivity contribution in [3.8, 4) is 0 Å². The molecule has 0 unspecified atom stereocenters. The summed E-state index contributed by atoms with van der Waals surface area (Å²) in [5, 5.41) is 0. The quantitative estimate of drug-likeness (QED) is 0.816. The molecule has 0 heterocycles. The van der Waals surface area contributed by atoms with Crippen molar-refractivity contribution < 1.29 is 9.18 Å². The molecule has 1 aromatic rings. The van der Waals surface area contributed by atoms with Gasteiger partial charge in [-0.15, -0.1) is 0 Å². The SMILES string of the molecule is CC(C)(C)C(=O)CCc1cc(Br)ccc1F. The summed E-state index contributed by atoms with van der Waals surface area (Å²) in [4.78, 5) is 11.7. The molecule has 1 nitrogen and oxygen atoms in total. The molecule has 0 aliphatic heterocycles. The van der Waals surface area contributed by atoms with Crippen LogP contribution in [0.3, 0.4) is 0 Å². The van der Waals surface area contributed by atoms with Crippen LogP contribution < -0.4 is 0 Å². The number of Topliss-reactive ketones (excluding diaryl/α,β-unsaturated/α-hetero) is 1. The number of hydrogen-bond donors (Lipinski definition) is 0. The van der Waals surface area contributed by atoms with Crippen LogP contribution in [0.1, 0.15) is 32.8 Å². The van der Waals surface area contributed by atoms with E-state index in [2.05, 4.69) is 15.9 Å². The van der Waals surface area contributed by atoms with E-state index in [-0.39, 0.29) is 17.0 Å². The third-order valence-electron chi connectivity index (χ3n) is 2.47. The van der Waals surface area contributed by atoms with E-state index in [0.29, 0.717) is 18.4 Å². The molecule has 0 saturated heterocycles. The van der Waals surface area contributed by atoms with Gasteiger partial charge in [0, 0.05) is 16.3 Å². The van der Waals surface area contributed by atoms with Crippen LogP contribution in [-0.2, 0) is 11.2 Å². The normalized spacial score (nSPS) is 11.6. The summed E-state index contributed by atoms with van der Waals surface area (Å²) in [6, 6.07) is 4.80. The van der Waals surface area contributed by atoms with Crippen LogP contribution in [0.15, 0.2) is 22.7 Å². The van der Waals surface area contributed by atoms with Gasteiger partial charge in [-0.25, -0.2) is 4.39 Å². The minimum absolute atomic E-state index is 0.159. The maximum atomic E-state index is 13.4. The van der Waals surface area contributed by atoms with E-state index >= 15 is 0 Å². The van der Waals surface area contributed by atoms with E-state index in [0.717, 1.165) is 4.47 Å². The van der Waals surface area contributed by atoms with E-state index in [1.165, 1.54) is 6.07 Å². The maximum Gasteiger partial charge on any atom is 0.138 e. The Bertz CT molecular complexity index is 393. The van der Waals surface area contributed by atoms with Gasteiger partial charge in [-0.1, -0.05) is 36.7 Å². The Balaban J connectivity index is 2.68.